The minimum absolute atomic E-state index is 0.243. The first kappa shape index (κ1) is 16.0. The monoisotopic (exact) mass is 254 g/mol. The van der Waals surface area contributed by atoms with E-state index in [0.29, 0.717) is 29.1 Å². The van der Waals surface area contributed by atoms with Gasteiger partial charge in [-0.3, -0.25) is 10.6 Å². The molecular weight excluding hydrogens is 220 g/mol. The van der Waals surface area contributed by atoms with Crippen LogP contribution in [0, 0.1) is 16.2 Å². The van der Waals surface area contributed by atoms with Crippen LogP contribution < -0.4 is 10.6 Å². The Kier molecular flexibility index (Phi) is 4.25. The minimum Gasteiger partial charge on any atom is -0.298 e. The lowest BCUT2D eigenvalue weighted by atomic mass is 9.73. The van der Waals surface area contributed by atoms with Gasteiger partial charge in [0.2, 0.25) is 0 Å². The van der Waals surface area contributed by atoms with Crippen LogP contribution in [0.5, 0.6) is 0 Å². The van der Waals surface area contributed by atoms with E-state index >= 15 is 0 Å². The maximum atomic E-state index is 3.82. The minimum atomic E-state index is 0.243. The van der Waals surface area contributed by atoms with E-state index in [4.69, 9.17) is 0 Å². The van der Waals surface area contributed by atoms with E-state index in [2.05, 4.69) is 72.9 Å². The highest BCUT2D eigenvalue weighted by Gasteiger charge is 2.41. The molecule has 1 saturated heterocycles. The van der Waals surface area contributed by atoms with Gasteiger partial charge in [0.05, 0.1) is 6.17 Å². The van der Waals surface area contributed by atoms with Gasteiger partial charge in [0.25, 0.3) is 0 Å². The molecule has 1 aliphatic rings. The van der Waals surface area contributed by atoms with Crippen LogP contribution in [0.15, 0.2) is 0 Å². The zero-order chi connectivity index (χ0) is 14.4. The van der Waals surface area contributed by atoms with E-state index in [-0.39, 0.29) is 5.41 Å². The third kappa shape index (κ3) is 3.96. The van der Waals surface area contributed by atoms with Gasteiger partial charge in [0.15, 0.2) is 0 Å². The van der Waals surface area contributed by atoms with Gasteiger partial charge in [-0.1, -0.05) is 62.3 Å². The number of hydrogen-bond acceptors (Lipinski definition) is 2. The molecule has 2 heteroatoms. The Bertz CT molecular complexity index is 221. The molecule has 1 fully saturated rings. The molecule has 0 bridgehead atoms. The lowest BCUT2D eigenvalue weighted by molar-refractivity contribution is 0.0572. The van der Waals surface area contributed by atoms with Crippen molar-refractivity contribution in [2.45, 2.75) is 87.0 Å². The lowest BCUT2D eigenvalue weighted by Crippen LogP contribution is -2.67. The molecule has 1 aliphatic heterocycles. The van der Waals surface area contributed by atoms with Crippen molar-refractivity contribution in [3.8, 4) is 0 Å². The largest absolute Gasteiger partial charge is 0.298 e. The first-order valence-corrected chi connectivity index (χ1v) is 7.34. The Morgan fingerprint density at radius 2 is 0.944 bits per heavy atom. The summed E-state index contributed by atoms with van der Waals surface area (Å²) in [6.07, 6.45) is 1.60. The molecule has 0 amide bonds. The van der Waals surface area contributed by atoms with Crippen molar-refractivity contribution in [2.24, 2.45) is 16.2 Å². The summed E-state index contributed by atoms with van der Waals surface area (Å²) in [4.78, 5) is 0. The Hall–Kier alpha value is -0.0800. The zero-order valence-corrected chi connectivity index (χ0v) is 13.9. The van der Waals surface area contributed by atoms with Crippen LogP contribution in [0.4, 0.5) is 0 Å². The molecule has 0 saturated carbocycles. The highest BCUT2D eigenvalue weighted by molar-refractivity contribution is 4.99. The van der Waals surface area contributed by atoms with Gasteiger partial charge in [-0.05, 0) is 22.7 Å². The van der Waals surface area contributed by atoms with Gasteiger partial charge >= 0.3 is 0 Å². The summed E-state index contributed by atoms with van der Waals surface area (Å²) in [5, 5.41) is 7.65. The second-order valence-electron chi connectivity index (χ2n) is 9.21. The fourth-order valence-electron chi connectivity index (χ4n) is 2.53. The normalized spacial score (nSPS) is 31.5. The lowest BCUT2D eigenvalue weighted by Gasteiger charge is -2.50. The van der Waals surface area contributed by atoms with E-state index < -0.39 is 0 Å². The first-order valence-electron chi connectivity index (χ1n) is 7.34. The first-order chi connectivity index (χ1) is 7.82. The summed E-state index contributed by atoms with van der Waals surface area (Å²) in [5.41, 5.74) is 0.873. The Balaban J connectivity index is 2.93. The molecule has 0 aromatic heterocycles. The number of rotatable bonds is 0. The smallest absolute Gasteiger partial charge is 0.0626 e. The number of hydrogen-bond donors (Lipinski definition) is 2. The highest BCUT2D eigenvalue weighted by Crippen LogP contribution is 2.35. The van der Waals surface area contributed by atoms with Gasteiger partial charge in [-0.25, -0.2) is 0 Å². The molecule has 2 atom stereocenters. The summed E-state index contributed by atoms with van der Waals surface area (Å²) in [7, 11) is 0. The maximum Gasteiger partial charge on any atom is 0.0626 e. The summed E-state index contributed by atoms with van der Waals surface area (Å²) in [6.45, 7) is 21.0. The molecule has 2 N–H and O–H groups in total. The van der Waals surface area contributed by atoms with E-state index in [1.54, 1.807) is 0 Å². The predicted molar refractivity (Wildman–Crippen MR) is 80.6 cm³/mol. The van der Waals surface area contributed by atoms with Crippen LogP contribution in [0.1, 0.15) is 68.7 Å². The van der Waals surface area contributed by atoms with Crippen LogP contribution in [0.2, 0.25) is 0 Å². The second-order valence-corrected chi connectivity index (χ2v) is 9.21. The predicted octanol–water partition coefficient (Wildman–Crippen LogP) is 3.77. The topological polar surface area (TPSA) is 24.1 Å². The van der Waals surface area contributed by atoms with Gasteiger partial charge in [0.1, 0.15) is 0 Å². The maximum absolute atomic E-state index is 3.82. The average molecular weight is 254 g/mol. The zero-order valence-electron chi connectivity index (χ0n) is 13.9. The summed E-state index contributed by atoms with van der Waals surface area (Å²) in [6, 6.07) is 1.15. The Morgan fingerprint density at radius 1 is 0.611 bits per heavy atom. The van der Waals surface area contributed by atoms with Gasteiger partial charge in [0, 0.05) is 12.1 Å². The summed E-state index contributed by atoms with van der Waals surface area (Å²) in [5.74, 6) is 0. The molecule has 18 heavy (non-hydrogen) atoms. The molecule has 0 aromatic carbocycles. The second kappa shape index (κ2) is 4.79. The van der Waals surface area contributed by atoms with Crippen molar-refractivity contribution in [3.05, 3.63) is 0 Å². The molecule has 2 nitrogen and oxygen atoms in total. The van der Waals surface area contributed by atoms with E-state index in [9.17, 15) is 0 Å². The third-order valence-electron chi connectivity index (χ3n) is 4.16. The molecule has 0 aliphatic carbocycles. The molecule has 2 unspecified atom stereocenters. The fraction of sp³-hybridized carbons (Fsp3) is 1.00. The Labute approximate surface area is 114 Å². The van der Waals surface area contributed by atoms with Crippen molar-refractivity contribution in [1.29, 1.82) is 0 Å². The van der Waals surface area contributed by atoms with Gasteiger partial charge in [-0.15, -0.1) is 0 Å². The summed E-state index contributed by atoms with van der Waals surface area (Å²) >= 11 is 0. The molecule has 0 spiro atoms. The third-order valence-corrected chi connectivity index (χ3v) is 4.16. The van der Waals surface area contributed by atoms with E-state index in [0.717, 1.165) is 0 Å². The van der Waals surface area contributed by atoms with Crippen LogP contribution in [-0.4, -0.2) is 18.2 Å². The summed E-state index contributed by atoms with van der Waals surface area (Å²) < 4.78 is 0. The van der Waals surface area contributed by atoms with Crippen molar-refractivity contribution < 1.29 is 0 Å². The van der Waals surface area contributed by atoms with Crippen molar-refractivity contribution in [3.63, 3.8) is 0 Å². The standard InChI is InChI=1S/C16H34N2/c1-14(2,3)11-10-12(15(4,5)6)18-13(17-11)16(7,8)9/h11-13,17-18H,10H2,1-9H3. The van der Waals surface area contributed by atoms with Crippen LogP contribution in [-0.2, 0) is 0 Å². The van der Waals surface area contributed by atoms with Crippen molar-refractivity contribution in [1.82, 2.24) is 10.6 Å². The quantitative estimate of drug-likeness (QED) is 0.687. The van der Waals surface area contributed by atoms with E-state index in [1.807, 2.05) is 0 Å². The molecule has 108 valence electrons. The SMILES string of the molecule is CC(C)(C)C1CC(C(C)(C)C)NC(C(C)(C)C)N1. The average Bonchev–Trinajstić information content (AvgIpc) is 2.13. The highest BCUT2D eigenvalue weighted by atomic mass is 15.2. The molecule has 0 aromatic rings. The molecule has 1 heterocycles. The fourth-order valence-corrected chi connectivity index (χ4v) is 2.53. The molecule has 0 radical (unpaired) electrons. The molecule has 1 rings (SSSR count). The van der Waals surface area contributed by atoms with Gasteiger partial charge in [-0.2, -0.15) is 0 Å². The molecular formula is C16H34N2. The van der Waals surface area contributed by atoms with Crippen molar-refractivity contribution in [2.75, 3.05) is 0 Å². The van der Waals surface area contributed by atoms with Crippen molar-refractivity contribution >= 4 is 0 Å². The van der Waals surface area contributed by atoms with Crippen LogP contribution in [0.3, 0.4) is 0 Å². The van der Waals surface area contributed by atoms with Crippen LogP contribution in [0.25, 0.3) is 0 Å². The van der Waals surface area contributed by atoms with Crippen LogP contribution >= 0.6 is 0 Å². The van der Waals surface area contributed by atoms with E-state index in [1.165, 1.54) is 6.42 Å². The van der Waals surface area contributed by atoms with Gasteiger partial charge < -0.3 is 0 Å². The Morgan fingerprint density at radius 3 is 1.17 bits per heavy atom. The number of nitrogens with one attached hydrogen (secondary N) is 2.